The Labute approximate surface area is 123 Å². The Hall–Kier alpha value is -1.94. The second-order valence-corrected chi connectivity index (χ2v) is 5.99. The number of fused-ring (bicyclic) bond motifs is 1. The predicted octanol–water partition coefficient (Wildman–Crippen LogP) is 2.84. The smallest absolute Gasteiger partial charge is 0.252 e. The molecular weight excluding hydrogens is 267 g/mol. The van der Waals surface area contributed by atoms with Crippen LogP contribution in [0.25, 0.3) is 10.8 Å². The van der Waals surface area contributed by atoms with Gasteiger partial charge in [-0.25, -0.2) is 4.39 Å². The molecule has 1 saturated carbocycles. The SMILES string of the molecule is CC(CN)(NC(=O)c1ccc(F)c2ccccc12)C1CC1. The van der Waals surface area contributed by atoms with Crippen LogP contribution >= 0.6 is 0 Å². The highest BCUT2D eigenvalue weighted by atomic mass is 19.1. The normalized spacial score (nSPS) is 17.5. The van der Waals surface area contributed by atoms with Gasteiger partial charge in [0.05, 0.1) is 5.54 Å². The zero-order valence-corrected chi connectivity index (χ0v) is 12.0. The summed E-state index contributed by atoms with van der Waals surface area (Å²) in [6.45, 7) is 2.39. The van der Waals surface area contributed by atoms with Gasteiger partial charge in [-0.3, -0.25) is 4.79 Å². The zero-order chi connectivity index (χ0) is 15.0. The quantitative estimate of drug-likeness (QED) is 0.908. The first-order valence-corrected chi connectivity index (χ1v) is 7.25. The minimum absolute atomic E-state index is 0.189. The molecule has 2 aromatic carbocycles. The summed E-state index contributed by atoms with van der Waals surface area (Å²) in [5.74, 6) is -0.0601. The Bertz CT molecular complexity index is 696. The lowest BCUT2D eigenvalue weighted by Gasteiger charge is -2.29. The van der Waals surface area contributed by atoms with Crippen molar-refractivity contribution < 1.29 is 9.18 Å². The van der Waals surface area contributed by atoms with Gasteiger partial charge in [0.15, 0.2) is 0 Å². The summed E-state index contributed by atoms with van der Waals surface area (Å²) >= 11 is 0. The number of carbonyl (C=O) groups is 1. The predicted molar refractivity (Wildman–Crippen MR) is 81.6 cm³/mol. The van der Waals surface area contributed by atoms with Crippen molar-refractivity contribution >= 4 is 16.7 Å². The molecule has 0 bridgehead atoms. The van der Waals surface area contributed by atoms with Crippen LogP contribution in [0.1, 0.15) is 30.1 Å². The number of nitrogens with two attached hydrogens (primary N) is 1. The van der Waals surface area contributed by atoms with Crippen molar-refractivity contribution in [2.24, 2.45) is 11.7 Å². The van der Waals surface area contributed by atoms with Crippen LogP contribution in [0.4, 0.5) is 4.39 Å². The highest BCUT2D eigenvalue weighted by Crippen LogP contribution is 2.39. The molecule has 0 spiro atoms. The Morgan fingerprint density at radius 2 is 1.95 bits per heavy atom. The van der Waals surface area contributed by atoms with Crippen molar-refractivity contribution in [2.75, 3.05) is 6.54 Å². The van der Waals surface area contributed by atoms with E-state index in [-0.39, 0.29) is 17.3 Å². The Balaban J connectivity index is 1.97. The molecule has 0 aliphatic heterocycles. The third-order valence-corrected chi connectivity index (χ3v) is 4.42. The lowest BCUT2D eigenvalue weighted by Crippen LogP contribution is -2.53. The molecule has 1 fully saturated rings. The number of benzene rings is 2. The van der Waals surface area contributed by atoms with Gasteiger partial charge in [0.25, 0.3) is 5.91 Å². The van der Waals surface area contributed by atoms with E-state index in [1.807, 2.05) is 13.0 Å². The zero-order valence-electron chi connectivity index (χ0n) is 12.0. The van der Waals surface area contributed by atoms with Gasteiger partial charge in [0, 0.05) is 17.5 Å². The summed E-state index contributed by atoms with van der Waals surface area (Å²) in [6, 6.07) is 9.91. The summed E-state index contributed by atoms with van der Waals surface area (Å²) in [5.41, 5.74) is 5.95. The van der Waals surface area contributed by atoms with Crippen molar-refractivity contribution in [3.63, 3.8) is 0 Å². The molecule has 1 amide bonds. The van der Waals surface area contributed by atoms with Crippen molar-refractivity contribution in [3.05, 3.63) is 47.8 Å². The first kappa shape index (κ1) is 14.0. The fourth-order valence-electron chi connectivity index (χ4n) is 2.83. The number of nitrogens with one attached hydrogen (secondary N) is 1. The van der Waals surface area contributed by atoms with E-state index in [4.69, 9.17) is 5.73 Å². The van der Waals surface area contributed by atoms with Crippen molar-refractivity contribution in [1.29, 1.82) is 0 Å². The van der Waals surface area contributed by atoms with Gasteiger partial charge < -0.3 is 11.1 Å². The van der Waals surface area contributed by atoms with Gasteiger partial charge in [-0.1, -0.05) is 24.3 Å². The molecule has 0 saturated heterocycles. The minimum Gasteiger partial charge on any atom is -0.345 e. The molecule has 3 nitrogen and oxygen atoms in total. The van der Waals surface area contributed by atoms with Crippen molar-refractivity contribution in [1.82, 2.24) is 5.32 Å². The Morgan fingerprint density at radius 1 is 1.29 bits per heavy atom. The molecule has 1 atom stereocenters. The maximum atomic E-state index is 13.8. The van der Waals surface area contributed by atoms with E-state index < -0.39 is 0 Å². The summed E-state index contributed by atoms with van der Waals surface area (Å²) in [7, 11) is 0. The number of halogens is 1. The molecule has 1 aliphatic carbocycles. The van der Waals surface area contributed by atoms with E-state index in [1.54, 1.807) is 18.2 Å². The van der Waals surface area contributed by atoms with Crippen LogP contribution in [0, 0.1) is 11.7 Å². The fraction of sp³-hybridized carbons (Fsp3) is 0.353. The summed E-state index contributed by atoms with van der Waals surface area (Å²) in [6.07, 6.45) is 2.19. The molecule has 0 aromatic heterocycles. The molecule has 0 radical (unpaired) electrons. The van der Waals surface area contributed by atoms with Gasteiger partial charge in [-0.05, 0) is 43.2 Å². The summed E-state index contributed by atoms with van der Waals surface area (Å²) < 4.78 is 13.8. The lowest BCUT2D eigenvalue weighted by atomic mass is 9.94. The maximum absolute atomic E-state index is 13.8. The average Bonchev–Trinajstić information content (AvgIpc) is 3.32. The molecule has 3 N–H and O–H groups in total. The van der Waals surface area contributed by atoms with Gasteiger partial charge in [-0.2, -0.15) is 0 Å². The lowest BCUT2D eigenvalue weighted by molar-refractivity contribution is 0.0899. The molecule has 1 unspecified atom stereocenters. The van der Waals surface area contributed by atoms with E-state index >= 15 is 0 Å². The summed E-state index contributed by atoms with van der Waals surface area (Å²) in [5, 5.41) is 4.14. The highest BCUT2D eigenvalue weighted by Gasteiger charge is 2.41. The van der Waals surface area contributed by atoms with Crippen LogP contribution in [0.5, 0.6) is 0 Å². The molecule has 4 heteroatoms. The van der Waals surface area contributed by atoms with Crippen LogP contribution < -0.4 is 11.1 Å². The van der Waals surface area contributed by atoms with E-state index in [9.17, 15) is 9.18 Å². The Morgan fingerprint density at radius 3 is 2.57 bits per heavy atom. The van der Waals surface area contributed by atoms with E-state index in [0.29, 0.717) is 28.8 Å². The molecule has 21 heavy (non-hydrogen) atoms. The fourth-order valence-corrected chi connectivity index (χ4v) is 2.83. The van der Waals surface area contributed by atoms with Crippen LogP contribution in [-0.2, 0) is 0 Å². The van der Waals surface area contributed by atoms with E-state index in [1.165, 1.54) is 12.1 Å². The standard InChI is InChI=1S/C17H19FN2O/c1-17(10-19,11-6-7-11)20-16(21)14-8-9-15(18)13-5-3-2-4-12(13)14/h2-5,8-9,11H,6-7,10,19H2,1H3,(H,20,21). The van der Waals surface area contributed by atoms with Crippen LogP contribution in [0.3, 0.4) is 0 Å². The molecule has 3 rings (SSSR count). The minimum atomic E-state index is -0.382. The van der Waals surface area contributed by atoms with Crippen molar-refractivity contribution in [2.45, 2.75) is 25.3 Å². The van der Waals surface area contributed by atoms with Crippen LogP contribution in [-0.4, -0.2) is 18.0 Å². The van der Waals surface area contributed by atoms with E-state index in [0.717, 1.165) is 12.8 Å². The number of hydrogen-bond acceptors (Lipinski definition) is 2. The van der Waals surface area contributed by atoms with Gasteiger partial charge >= 0.3 is 0 Å². The first-order valence-electron chi connectivity index (χ1n) is 7.25. The number of hydrogen-bond donors (Lipinski definition) is 2. The van der Waals surface area contributed by atoms with Crippen LogP contribution in [0.2, 0.25) is 0 Å². The van der Waals surface area contributed by atoms with Crippen molar-refractivity contribution in [3.8, 4) is 0 Å². The molecule has 0 heterocycles. The number of amides is 1. The maximum Gasteiger partial charge on any atom is 0.252 e. The molecule has 1 aliphatic rings. The van der Waals surface area contributed by atoms with E-state index in [2.05, 4.69) is 5.32 Å². The third-order valence-electron chi connectivity index (χ3n) is 4.42. The molecule has 2 aromatic rings. The monoisotopic (exact) mass is 286 g/mol. The first-order chi connectivity index (χ1) is 10.0. The topological polar surface area (TPSA) is 55.1 Å². The number of rotatable bonds is 4. The third kappa shape index (κ3) is 2.51. The highest BCUT2D eigenvalue weighted by molar-refractivity contribution is 6.07. The van der Waals surface area contributed by atoms with Gasteiger partial charge in [0.1, 0.15) is 5.82 Å². The second-order valence-electron chi connectivity index (χ2n) is 5.99. The summed E-state index contributed by atoms with van der Waals surface area (Å²) in [4.78, 5) is 12.6. The molecule has 110 valence electrons. The van der Waals surface area contributed by atoms with Crippen LogP contribution in [0.15, 0.2) is 36.4 Å². The largest absolute Gasteiger partial charge is 0.345 e. The van der Waals surface area contributed by atoms with Gasteiger partial charge in [0.2, 0.25) is 0 Å². The number of carbonyl (C=O) groups excluding carboxylic acids is 1. The second kappa shape index (κ2) is 5.11. The average molecular weight is 286 g/mol. The van der Waals surface area contributed by atoms with Gasteiger partial charge in [-0.15, -0.1) is 0 Å². The molecular formula is C17H19FN2O. The Kier molecular flexibility index (Phi) is 3.41.